The number of hydrogen-bond donors (Lipinski definition) is 2. The SMILES string of the molecule is Cc1ccc(N)cc1C(=O)Nc1ccc(CCC(=O)N2CCCC2)cc1. The van der Waals surface area contributed by atoms with Crippen LogP contribution in [-0.4, -0.2) is 29.8 Å². The number of benzene rings is 2. The highest BCUT2D eigenvalue weighted by atomic mass is 16.2. The first-order valence-electron chi connectivity index (χ1n) is 9.07. The number of carbonyl (C=O) groups excluding carboxylic acids is 2. The molecule has 2 amide bonds. The molecule has 0 bridgehead atoms. The Bertz CT molecular complexity index is 793. The molecule has 0 atom stereocenters. The van der Waals surface area contributed by atoms with Crippen LogP contribution in [0.25, 0.3) is 0 Å². The fraction of sp³-hybridized carbons (Fsp3) is 0.333. The fourth-order valence-corrected chi connectivity index (χ4v) is 3.21. The van der Waals surface area contributed by atoms with Crippen LogP contribution in [0.3, 0.4) is 0 Å². The molecule has 0 saturated carbocycles. The lowest BCUT2D eigenvalue weighted by molar-refractivity contribution is -0.130. The number of carbonyl (C=O) groups is 2. The molecule has 1 aliphatic heterocycles. The maximum absolute atomic E-state index is 12.4. The van der Waals surface area contributed by atoms with Gasteiger partial charge in [-0.15, -0.1) is 0 Å². The predicted octanol–water partition coefficient (Wildman–Crippen LogP) is 3.38. The largest absolute Gasteiger partial charge is 0.399 e. The average Bonchev–Trinajstić information content (AvgIpc) is 3.17. The van der Waals surface area contributed by atoms with Crippen molar-refractivity contribution in [3.8, 4) is 0 Å². The molecule has 3 rings (SSSR count). The van der Waals surface area contributed by atoms with Crippen molar-refractivity contribution in [1.29, 1.82) is 0 Å². The molecule has 0 aliphatic carbocycles. The third kappa shape index (κ3) is 4.42. The van der Waals surface area contributed by atoms with Crippen LogP contribution in [0.2, 0.25) is 0 Å². The van der Waals surface area contributed by atoms with Gasteiger partial charge in [0.2, 0.25) is 5.91 Å². The number of rotatable bonds is 5. The molecule has 136 valence electrons. The minimum absolute atomic E-state index is 0.174. The number of nitrogen functional groups attached to an aromatic ring is 1. The van der Waals surface area contributed by atoms with Gasteiger partial charge in [-0.05, 0) is 61.6 Å². The van der Waals surface area contributed by atoms with Gasteiger partial charge in [0.1, 0.15) is 0 Å². The number of nitrogens with zero attached hydrogens (tertiary/aromatic N) is 1. The minimum atomic E-state index is -0.174. The quantitative estimate of drug-likeness (QED) is 0.811. The Morgan fingerprint density at radius 2 is 1.77 bits per heavy atom. The highest BCUT2D eigenvalue weighted by molar-refractivity contribution is 6.05. The maximum Gasteiger partial charge on any atom is 0.256 e. The molecule has 0 aromatic heterocycles. The molecule has 2 aromatic rings. The van der Waals surface area contributed by atoms with E-state index in [1.54, 1.807) is 12.1 Å². The fourth-order valence-electron chi connectivity index (χ4n) is 3.21. The predicted molar refractivity (Wildman–Crippen MR) is 104 cm³/mol. The van der Waals surface area contributed by atoms with Crippen LogP contribution >= 0.6 is 0 Å². The van der Waals surface area contributed by atoms with Crippen LogP contribution in [0.4, 0.5) is 11.4 Å². The molecule has 3 N–H and O–H groups in total. The van der Waals surface area contributed by atoms with Crippen molar-refractivity contribution in [3.63, 3.8) is 0 Å². The van der Waals surface area contributed by atoms with Crippen LogP contribution in [0.5, 0.6) is 0 Å². The molecule has 0 spiro atoms. The third-order valence-corrected chi connectivity index (χ3v) is 4.80. The summed E-state index contributed by atoms with van der Waals surface area (Å²) in [5.74, 6) is 0.0591. The number of nitrogens with two attached hydrogens (primary N) is 1. The van der Waals surface area contributed by atoms with Crippen molar-refractivity contribution in [2.24, 2.45) is 0 Å². The van der Waals surface area contributed by atoms with Gasteiger partial charge in [0.25, 0.3) is 5.91 Å². The van der Waals surface area contributed by atoms with Crippen molar-refractivity contribution < 1.29 is 9.59 Å². The third-order valence-electron chi connectivity index (χ3n) is 4.80. The van der Waals surface area contributed by atoms with Crippen molar-refractivity contribution >= 4 is 23.2 Å². The van der Waals surface area contributed by atoms with Crippen molar-refractivity contribution in [2.45, 2.75) is 32.6 Å². The molecule has 1 fully saturated rings. The summed E-state index contributed by atoms with van der Waals surface area (Å²) in [5, 5.41) is 2.89. The minimum Gasteiger partial charge on any atom is -0.399 e. The normalized spacial score (nSPS) is 13.7. The molecular formula is C21H25N3O2. The van der Waals surface area contributed by atoms with Gasteiger partial charge >= 0.3 is 0 Å². The van der Waals surface area contributed by atoms with E-state index >= 15 is 0 Å². The molecule has 0 unspecified atom stereocenters. The standard InChI is InChI=1S/C21H25N3O2/c1-15-4-8-17(22)14-19(15)21(26)23-18-9-5-16(6-10-18)7-11-20(25)24-12-2-3-13-24/h4-6,8-10,14H,2-3,7,11-13,22H2,1H3,(H,23,26). The summed E-state index contributed by atoms with van der Waals surface area (Å²) >= 11 is 0. The number of anilines is 2. The molecule has 1 heterocycles. The summed E-state index contributed by atoms with van der Waals surface area (Å²) in [6, 6.07) is 13.0. The van der Waals surface area contributed by atoms with E-state index in [2.05, 4.69) is 5.32 Å². The van der Waals surface area contributed by atoms with Gasteiger partial charge in [0, 0.05) is 36.4 Å². The van der Waals surface area contributed by atoms with Gasteiger partial charge in [0.15, 0.2) is 0 Å². The molecular weight excluding hydrogens is 326 g/mol. The van der Waals surface area contributed by atoms with Gasteiger partial charge < -0.3 is 16.0 Å². The highest BCUT2D eigenvalue weighted by Crippen LogP contribution is 2.17. The Hall–Kier alpha value is -2.82. The Kier molecular flexibility index (Phi) is 5.56. The zero-order valence-electron chi connectivity index (χ0n) is 15.1. The highest BCUT2D eigenvalue weighted by Gasteiger charge is 2.17. The van der Waals surface area contributed by atoms with Gasteiger partial charge in [-0.25, -0.2) is 0 Å². The number of likely N-dealkylation sites (tertiary alicyclic amines) is 1. The molecule has 5 nitrogen and oxygen atoms in total. The average molecular weight is 351 g/mol. The summed E-state index contributed by atoms with van der Waals surface area (Å²) < 4.78 is 0. The first kappa shape index (κ1) is 18.0. The zero-order valence-corrected chi connectivity index (χ0v) is 15.1. The van der Waals surface area contributed by atoms with Gasteiger partial charge in [0.05, 0.1) is 0 Å². The van der Waals surface area contributed by atoms with Crippen LogP contribution in [-0.2, 0) is 11.2 Å². The lowest BCUT2D eigenvalue weighted by Crippen LogP contribution is -2.27. The second-order valence-electron chi connectivity index (χ2n) is 6.81. The van der Waals surface area contributed by atoms with E-state index in [9.17, 15) is 9.59 Å². The van der Waals surface area contributed by atoms with E-state index in [1.807, 2.05) is 42.2 Å². The van der Waals surface area contributed by atoms with Crippen LogP contribution in [0, 0.1) is 6.92 Å². The number of hydrogen-bond acceptors (Lipinski definition) is 3. The van der Waals surface area contributed by atoms with Crippen molar-refractivity contribution in [2.75, 3.05) is 24.1 Å². The Morgan fingerprint density at radius 3 is 2.46 bits per heavy atom. The smallest absolute Gasteiger partial charge is 0.256 e. The molecule has 0 radical (unpaired) electrons. The number of nitrogens with one attached hydrogen (secondary N) is 1. The lowest BCUT2D eigenvalue weighted by atomic mass is 10.1. The second kappa shape index (κ2) is 8.04. The monoisotopic (exact) mass is 351 g/mol. The van der Waals surface area contributed by atoms with E-state index < -0.39 is 0 Å². The van der Waals surface area contributed by atoms with E-state index in [-0.39, 0.29) is 11.8 Å². The van der Waals surface area contributed by atoms with Crippen LogP contribution < -0.4 is 11.1 Å². The first-order valence-corrected chi connectivity index (χ1v) is 9.07. The summed E-state index contributed by atoms with van der Waals surface area (Å²) in [7, 11) is 0. The van der Waals surface area contributed by atoms with Crippen molar-refractivity contribution in [1.82, 2.24) is 4.90 Å². The number of aryl methyl sites for hydroxylation is 2. The van der Waals surface area contributed by atoms with Gasteiger partial charge in [-0.2, -0.15) is 0 Å². The Morgan fingerprint density at radius 1 is 1.08 bits per heavy atom. The lowest BCUT2D eigenvalue weighted by Gasteiger charge is -2.15. The molecule has 26 heavy (non-hydrogen) atoms. The van der Waals surface area contributed by atoms with Crippen molar-refractivity contribution in [3.05, 3.63) is 59.2 Å². The molecule has 1 aliphatic rings. The van der Waals surface area contributed by atoms with Gasteiger partial charge in [-0.3, -0.25) is 9.59 Å². The Labute approximate surface area is 154 Å². The van der Waals surface area contributed by atoms with E-state index in [0.29, 0.717) is 17.7 Å². The Balaban J connectivity index is 1.56. The van der Waals surface area contributed by atoms with E-state index in [4.69, 9.17) is 5.73 Å². The van der Waals surface area contributed by atoms with Crippen LogP contribution in [0.15, 0.2) is 42.5 Å². The zero-order chi connectivity index (χ0) is 18.5. The maximum atomic E-state index is 12.4. The molecule has 1 saturated heterocycles. The summed E-state index contributed by atoms with van der Waals surface area (Å²) in [6.07, 6.45) is 3.49. The molecule has 2 aromatic carbocycles. The van der Waals surface area contributed by atoms with E-state index in [0.717, 1.165) is 49.2 Å². The topological polar surface area (TPSA) is 75.4 Å². The number of amides is 2. The second-order valence-corrected chi connectivity index (χ2v) is 6.81. The molecule has 5 heteroatoms. The first-order chi connectivity index (χ1) is 12.5. The summed E-state index contributed by atoms with van der Waals surface area (Å²) in [6.45, 7) is 3.68. The van der Waals surface area contributed by atoms with Gasteiger partial charge in [-0.1, -0.05) is 18.2 Å². The van der Waals surface area contributed by atoms with E-state index in [1.165, 1.54) is 0 Å². The summed E-state index contributed by atoms with van der Waals surface area (Å²) in [5.41, 5.74) is 9.62. The summed E-state index contributed by atoms with van der Waals surface area (Å²) in [4.78, 5) is 26.5. The van der Waals surface area contributed by atoms with Crippen LogP contribution in [0.1, 0.15) is 40.7 Å².